The van der Waals surface area contributed by atoms with E-state index in [0.717, 1.165) is 17.1 Å². The molecular formula is C17H19NO2. The monoisotopic (exact) mass is 269 g/mol. The molecular weight excluding hydrogens is 250 g/mol. The Morgan fingerprint density at radius 1 is 1.05 bits per heavy atom. The SMILES string of the molecule is Cc1cc(Oc2ccc(C=NO)cc2)ccc1C(C)C. The summed E-state index contributed by atoms with van der Waals surface area (Å²) in [7, 11) is 0. The molecule has 0 atom stereocenters. The van der Waals surface area contributed by atoms with E-state index in [1.54, 1.807) is 0 Å². The first-order valence-electron chi connectivity index (χ1n) is 6.66. The molecule has 0 heterocycles. The van der Waals surface area contributed by atoms with Gasteiger partial charge < -0.3 is 9.94 Å². The van der Waals surface area contributed by atoms with Gasteiger partial charge in [-0.15, -0.1) is 0 Å². The van der Waals surface area contributed by atoms with Gasteiger partial charge in [0, 0.05) is 0 Å². The zero-order valence-electron chi connectivity index (χ0n) is 12.0. The molecule has 0 fully saturated rings. The van der Waals surface area contributed by atoms with E-state index >= 15 is 0 Å². The highest BCUT2D eigenvalue weighted by Gasteiger charge is 2.05. The van der Waals surface area contributed by atoms with Crippen LogP contribution >= 0.6 is 0 Å². The highest BCUT2D eigenvalue weighted by Crippen LogP contribution is 2.27. The zero-order chi connectivity index (χ0) is 14.5. The minimum Gasteiger partial charge on any atom is -0.457 e. The smallest absolute Gasteiger partial charge is 0.127 e. The summed E-state index contributed by atoms with van der Waals surface area (Å²) in [5.74, 6) is 2.10. The molecule has 0 aromatic heterocycles. The maximum atomic E-state index is 8.46. The number of hydrogen-bond acceptors (Lipinski definition) is 3. The van der Waals surface area contributed by atoms with Crippen molar-refractivity contribution >= 4 is 6.21 Å². The summed E-state index contributed by atoms with van der Waals surface area (Å²) in [6, 6.07) is 13.5. The average molecular weight is 269 g/mol. The van der Waals surface area contributed by atoms with Gasteiger partial charge in [0.25, 0.3) is 0 Å². The molecule has 0 amide bonds. The molecule has 0 saturated carbocycles. The van der Waals surface area contributed by atoms with Gasteiger partial charge in [0.05, 0.1) is 6.21 Å². The minimum atomic E-state index is 0.515. The normalized spacial score (nSPS) is 11.2. The van der Waals surface area contributed by atoms with Crippen LogP contribution in [0.5, 0.6) is 11.5 Å². The van der Waals surface area contributed by atoms with E-state index in [1.165, 1.54) is 17.3 Å². The van der Waals surface area contributed by atoms with Crippen molar-refractivity contribution in [1.82, 2.24) is 0 Å². The van der Waals surface area contributed by atoms with Crippen LogP contribution < -0.4 is 4.74 Å². The summed E-state index contributed by atoms with van der Waals surface area (Å²) in [6.07, 6.45) is 1.38. The van der Waals surface area contributed by atoms with Crippen molar-refractivity contribution in [2.45, 2.75) is 26.7 Å². The Labute approximate surface area is 119 Å². The molecule has 2 rings (SSSR count). The summed E-state index contributed by atoms with van der Waals surface area (Å²) in [5.41, 5.74) is 3.40. The van der Waals surface area contributed by atoms with Crippen LogP contribution in [-0.2, 0) is 0 Å². The number of aryl methyl sites for hydroxylation is 1. The second-order valence-corrected chi connectivity index (χ2v) is 5.09. The number of oxime groups is 1. The van der Waals surface area contributed by atoms with Gasteiger partial charge in [0.1, 0.15) is 11.5 Å². The molecule has 0 saturated heterocycles. The van der Waals surface area contributed by atoms with Gasteiger partial charge in [-0.25, -0.2) is 0 Å². The first-order chi connectivity index (χ1) is 9.60. The lowest BCUT2D eigenvalue weighted by atomic mass is 9.98. The summed E-state index contributed by atoms with van der Waals surface area (Å²) < 4.78 is 5.82. The van der Waals surface area contributed by atoms with Crippen molar-refractivity contribution in [2.75, 3.05) is 0 Å². The lowest BCUT2D eigenvalue weighted by molar-refractivity contribution is 0.322. The molecule has 0 aliphatic carbocycles. The molecule has 2 aromatic carbocycles. The number of rotatable bonds is 4. The van der Waals surface area contributed by atoms with Crippen molar-refractivity contribution in [3.63, 3.8) is 0 Å². The zero-order valence-corrected chi connectivity index (χ0v) is 12.0. The lowest BCUT2D eigenvalue weighted by Gasteiger charge is -2.12. The summed E-state index contributed by atoms with van der Waals surface area (Å²) in [6.45, 7) is 6.47. The van der Waals surface area contributed by atoms with E-state index in [2.05, 4.69) is 38.1 Å². The molecule has 2 aromatic rings. The van der Waals surface area contributed by atoms with Crippen LogP contribution in [0.3, 0.4) is 0 Å². The molecule has 3 heteroatoms. The van der Waals surface area contributed by atoms with Crippen LogP contribution in [0.4, 0.5) is 0 Å². The second-order valence-electron chi connectivity index (χ2n) is 5.09. The molecule has 1 N–H and O–H groups in total. The summed E-state index contributed by atoms with van der Waals surface area (Å²) in [5, 5.41) is 11.5. The third kappa shape index (κ3) is 3.38. The first kappa shape index (κ1) is 14.1. The quantitative estimate of drug-likeness (QED) is 0.496. The first-order valence-corrected chi connectivity index (χ1v) is 6.66. The molecule has 0 spiro atoms. The van der Waals surface area contributed by atoms with Gasteiger partial charge in [-0.05, 0) is 65.9 Å². The number of benzene rings is 2. The van der Waals surface area contributed by atoms with Crippen LogP contribution in [0.1, 0.15) is 36.5 Å². The average Bonchev–Trinajstić information content (AvgIpc) is 2.41. The van der Waals surface area contributed by atoms with Crippen LogP contribution in [-0.4, -0.2) is 11.4 Å². The summed E-state index contributed by atoms with van der Waals surface area (Å²) in [4.78, 5) is 0. The van der Waals surface area contributed by atoms with E-state index in [0.29, 0.717) is 5.92 Å². The van der Waals surface area contributed by atoms with Gasteiger partial charge in [0.15, 0.2) is 0 Å². The number of nitrogens with zero attached hydrogens (tertiary/aromatic N) is 1. The Morgan fingerprint density at radius 2 is 1.70 bits per heavy atom. The highest BCUT2D eigenvalue weighted by molar-refractivity contribution is 5.79. The molecule has 0 aliphatic heterocycles. The molecule has 0 bridgehead atoms. The van der Waals surface area contributed by atoms with Gasteiger partial charge in [-0.1, -0.05) is 25.1 Å². The van der Waals surface area contributed by atoms with Crippen LogP contribution in [0.2, 0.25) is 0 Å². The Balaban J connectivity index is 2.15. The maximum absolute atomic E-state index is 8.46. The summed E-state index contributed by atoms with van der Waals surface area (Å²) >= 11 is 0. The van der Waals surface area contributed by atoms with Crippen LogP contribution in [0.15, 0.2) is 47.6 Å². The van der Waals surface area contributed by atoms with Crippen molar-refractivity contribution in [3.05, 3.63) is 59.2 Å². The Hall–Kier alpha value is -2.29. The maximum Gasteiger partial charge on any atom is 0.127 e. The van der Waals surface area contributed by atoms with E-state index in [4.69, 9.17) is 9.94 Å². The van der Waals surface area contributed by atoms with Gasteiger partial charge in [0.2, 0.25) is 0 Å². The molecule has 0 aliphatic rings. The lowest BCUT2D eigenvalue weighted by Crippen LogP contribution is -1.93. The standard InChI is InChI=1S/C17H19NO2/c1-12(2)17-9-8-16(10-13(17)3)20-15-6-4-14(5-7-15)11-18-19/h4-12,19H,1-3H3. The van der Waals surface area contributed by atoms with Gasteiger partial charge >= 0.3 is 0 Å². The molecule has 104 valence electrons. The Bertz CT molecular complexity index is 601. The van der Waals surface area contributed by atoms with Gasteiger partial charge in [-0.2, -0.15) is 0 Å². The topological polar surface area (TPSA) is 41.8 Å². The Kier molecular flexibility index (Phi) is 4.41. The minimum absolute atomic E-state index is 0.515. The van der Waals surface area contributed by atoms with E-state index < -0.39 is 0 Å². The predicted molar refractivity (Wildman–Crippen MR) is 81.2 cm³/mol. The molecule has 0 radical (unpaired) electrons. The van der Waals surface area contributed by atoms with E-state index in [1.807, 2.05) is 30.3 Å². The van der Waals surface area contributed by atoms with E-state index in [9.17, 15) is 0 Å². The molecule has 20 heavy (non-hydrogen) atoms. The van der Waals surface area contributed by atoms with Crippen LogP contribution in [0.25, 0.3) is 0 Å². The van der Waals surface area contributed by atoms with Crippen molar-refractivity contribution in [1.29, 1.82) is 0 Å². The fourth-order valence-corrected chi connectivity index (χ4v) is 2.18. The molecule has 3 nitrogen and oxygen atoms in total. The van der Waals surface area contributed by atoms with Crippen molar-refractivity contribution in [2.24, 2.45) is 5.16 Å². The second kappa shape index (κ2) is 6.24. The third-order valence-corrected chi connectivity index (χ3v) is 3.19. The number of hydrogen-bond donors (Lipinski definition) is 1. The largest absolute Gasteiger partial charge is 0.457 e. The van der Waals surface area contributed by atoms with E-state index in [-0.39, 0.29) is 0 Å². The fraction of sp³-hybridized carbons (Fsp3) is 0.235. The fourth-order valence-electron chi connectivity index (χ4n) is 2.18. The Morgan fingerprint density at radius 3 is 2.25 bits per heavy atom. The third-order valence-electron chi connectivity index (χ3n) is 3.19. The predicted octanol–water partition coefficient (Wildman–Crippen LogP) is 4.72. The van der Waals surface area contributed by atoms with Crippen LogP contribution in [0, 0.1) is 6.92 Å². The van der Waals surface area contributed by atoms with Crippen molar-refractivity contribution in [3.8, 4) is 11.5 Å². The highest BCUT2D eigenvalue weighted by atomic mass is 16.5. The van der Waals surface area contributed by atoms with Gasteiger partial charge in [-0.3, -0.25) is 0 Å². The number of ether oxygens (including phenoxy) is 1. The molecule has 0 unspecified atom stereocenters. The van der Waals surface area contributed by atoms with Crippen molar-refractivity contribution < 1.29 is 9.94 Å².